The number of carboxylic acid groups (broad SMARTS) is 1. The number of hydrogen-bond donors (Lipinski definition) is 1. The quantitative estimate of drug-likeness (QED) is 0.622. The molecule has 4 aromatic rings. The minimum atomic E-state index is -0.908. The molecule has 0 saturated heterocycles. The number of fused-ring (bicyclic) bond motifs is 2. The van der Waals surface area contributed by atoms with Crippen molar-refractivity contribution in [3.8, 4) is 0 Å². The van der Waals surface area contributed by atoms with Crippen LogP contribution in [0.2, 0.25) is 0 Å². The maximum Gasteiger partial charge on any atom is 0.337 e. The van der Waals surface area contributed by atoms with Crippen molar-refractivity contribution < 1.29 is 9.90 Å². The van der Waals surface area contributed by atoms with Crippen LogP contribution in [-0.2, 0) is 6.54 Å². The molecule has 0 aliphatic rings. The van der Waals surface area contributed by atoms with Crippen LogP contribution in [0.4, 0.5) is 0 Å². The zero-order chi connectivity index (χ0) is 15.1. The zero-order valence-corrected chi connectivity index (χ0v) is 12.4. The molecule has 0 saturated carbocycles. The van der Waals surface area contributed by atoms with E-state index in [-0.39, 0.29) is 0 Å². The first kappa shape index (κ1) is 13.0. The van der Waals surface area contributed by atoms with Gasteiger partial charge in [0.1, 0.15) is 5.01 Å². The average molecular weight is 308 g/mol. The third-order valence-corrected chi connectivity index (χ3v) is 4.68. The summed E-state index contributed by atoms with van der Waals surface area (Å²) < 4.78 is 3.10. The highest BCUT2D eigenvalue weighted by Gasteiger charge is 2.13. The number of thiazole rings is 1. The fourth-order valence-electron chi connectivity index (χ4n) is 2.70. The molecule has 0 fully saturated rings. The van der Waals surface area contributed by atoms with Crippen molar-refractivity contribution >= 4 is 38.4 Å². The third kappa shape index (κ3) is 2.07. The van der Waals surface area contributed by atoms with Gasteiger partial charge in [0.25, 0.3) is 0 Å². The first-order valence-corrected chi connectivity index (χ1v) is 7.69. The van der Waals surface area contributed by atoms with Gasteiger partial charge < -0.3 is 9.67 Å². The van der Waals surface area contributed by atoms with Crippen molar-refractivity contribution in [2.75, 3.05) is 0 Å². The number of para-hydroxylation sites is 2. The molecular formula is C17H12N2O2S. The summed E-state index contributed by atoms with van der Waals surface area (Å²) in [6.45, 7) is 0.577. The standard InChI is InChI=1S/C17H12N2O2S/c20-17(21)12-5-3-4-11-8-9-19(16(11)12)10-15-18-13-6-1-2-7-14(13)22-15/h1-9H,10H2,(H,20,21). The molecule has 108 valence electrons. The Morgan fingerprint density at radius 1 is 1.14 bits per heavy atom. The number of carbonyl (C=O) groups is 1. The Hall–Kier alpha value is -2.66. The van der Waals surface area contributed by atoms with Crippen molar-refractivity contribution in [2.24, 2.45) is 0 Å². The van der Waals surface area contributed by atoms with Crippen molar-refractivity contribution in [3.05, 3.63) is 65.3 Å². The van der Waals surface area contributed by atoms with E-state index in [0.29, 0.717) is 12.1 Å². The second-order valence-corrected chi connectivity index (χ2v) is 6.18. The van der Waals surface area contributed by atoms with Gasteiger partial charge in [0.05, 0.1) is 27.8 Å². The van der Waals surface area contributed by atoms with E-state index in [1.807, 2.05) is 47.2 Å². The Morgan fingerprint density at radius 3 is 2.82 bits per heavy atom. The smallest absolute Gasteiger partial charge is 0.337 e. The van der Waals surface area contributed by atoms with Crippen molar-refractivity contribution in [1.82, 2.24) is 9.55 Å². The lowest BCUT2D eigenvalue weighted by Gasteiger charge is -2.05. The van der Waals surface area contributed by atoms with Crippen LogP contribution >= 0.6 is 11.3 Å². The van der Waals surface area contributed by atoms with E-state index in [1.54, 1.807) is 23.5 Å². The van der Waals surface area contributed by atoms with Crippen LogP contribution in [0.1, 0.15) is 15.4 Å². The number of rotatable bonds is 3. The predicted molar refractivity (Wildman–Crippen MR) is 87.6 cm³/mol. The summed E-state index contributed by atoms with van der Waals surface area (Å²) in [6.07, 6.45) is 1.92. The molecule has 0 amide bonds. The van der Waals surface area contributed by atoms with Crippen LogP contribution in [0.5, 0.6) is 0 Å². The maximum atomic E-state index is 11.4. The van der Waals surface area contributed by atoms with E-state index >= 15 is 0 Å². The van der Waals surface area contributed by atoms with Gasteiger partial charge in [-0.1, -0.05) is 24.3 Å². The van der Waals surface area contributed by atoms with E-state index < -0.39 is 5.97 Å². The summed E-state index contributed by atoms with van der Waals surface area (Å²) >= 11 is 1.64. The molecule has 2 aromatic heterocycles. The summed E-state index contributed by atoms with van der Waals surface area (Å²) in [7, 11) is 0. The molecule has 2 aromatic carbocycles. The van der Waals surface area contributed by atoms with Gasteiger partial charge in [0.2, 0.25) is 0 Å². The molecule has 4 nitrogen and oxygen atoms in total. The summed E-state index contributed by atoms with van der Waals surface area (Å²) in [6, 6.07) is 15.3. The van der Waals surface area contributed by atoms with Gasteiger partial charge >= 0.3 is 5.97 Å². The maximum absolute atomic E-state index is 11.4. The van der Waals surface area contributed by atoms with Gasteiger partial charge in [0, 0.05) is 11.6 Å². The van der Waals surface area contributed by atoms with Crippen molar-refractivity contribution in [2.45, 2.75) is 6.54 Å². The molecule has 0 aliphatic heterocycles. The summed E-state index contributed by atoms with van der Waals surface area (Å²) in [5, 5.41) is 11.3. The molecule has 0 unspecified atom stereocenters. The fourth-order valence-corrected chi connectivity index (χ4v) is 3.67. The molecule has 0 bridgehead atoms. The molecule has 0 aliphatic carbocycles. The monoisotopic (exact) mass is 308 g/mol. The number of benzene rings is 2. The molecule has 0 spiro atoms. The lowest BCUT2D eigenvalue weighted by Crippen LogP contribution is -2.03. The van der Waals surface area contributed by atoms with Crippen LogP contribution < -0.4 is 0 Å². The van der Waals surface area contributed by atoms with E-state index in [1.165, 1.54) is 0 Å². The number of aromatic carboxylic acids is 1. The SMILES string of the molecule is O=C(O)c1cccc2ccn(Cc3nc4ccccc4s3)c12. The Balaban J connectivity index is 1.82. The van der Waals surface area contributed by atoms with E-state index in [2.05, 4.69) is 4.98 Å². The van der Waals surface area contributed by atoms with E-state index in [4.69, 9.17) is 0 Å². The second kappa shape index (κ2) is 4.96. The van der Waals surface area contributed by atoms with Crippen molar-refractivity contribution in [3.63, 3.8) is 0 Å². The second-order valence-electron chi connectivity index (χ2n) is 5.07. The Labute approximate surface area is 130 Å². The van der Waals surface area contributed by atoms with Gasteiger partial charge in [-0.3, -0.25) is 0 Å². The van der Waals surface area contributed by atoms with Gasteiger partial charge in [-0.25, -0.2) is 9.78 Å². The number of aromatic nitrogens is 2. The first-order chi connectivity index (χ1) is 10.7. The van der Waals surface area contributed by atoms with Gasteiger partial charge in [-0.2, -0.15) is 0 Å². The number of carboxylic acids is 1. The van der Waals surface area contributed by atoms with Gasteiger partial charge in [-0.05, 0) is 24.3 Å². The lowest BCUT2D eigenvalue weighted by atomic mass is 10.1. The first-order valence-electron chi connectivity index (χ1n) is 6.88. The van der Waals surface area contributed by atoms with Crippen LogP contribution in [0.3, 0.4) is 0 Å². The summed E-state index contributed by atoms with van der Waals surface area (Å²) in [4.78, 5) is 16.1. The minimum absolute atomic E-state index is 0.323. The highest BCUT2D eigenvalue weighted by molar-refractivity contribution is 7.18. The predicted octanol–water partition coefficient (Wildman–Crippen LogP) is 4.00. The molecule has 4 rings (SSSR count). The van der Waals surface area contributed by atoms with Crippen LogP contribution in [0, 0.1) is 0 Å². The van der Waals surface area contributed by atoms with Gasteiger partial charge in [0.15, 0.2) is 0 Å². The zero-order valence-electron chi connectivity index (χ0n) is 11.6. The molecule has 0 radical (unpaired) electrons. The fraction of sp³-hybridized carbons (Fsp3) is 0.0588. The Kier molecular flexibility index (Phi) is 2.94. The summed E-state index contributed by atoms with van der Waals surface area (Å²) in [5.41, 5.74) is 2.05. The molecule has 22 heavy (non-hydrogen) atoms. The summed E-state index contributed by atoms with van der Waals surface area (Å²) in [5.74, 6) is -0.908. The number of hydrogen-bond acceptors (Lipinski definition) is 3. The highest BCUT2D eigenvalue weighted by Crippen LogP contribution is 2.25. The van der Waals surface area contributed by atoms with Crippen LogP contribution in [0.15, 0.2) is 54.7 Å². The minimum Gasteiger partial charge on any atom is -0.478 e. The van der Waals surface area contributed by atoms with Crippen LogP contribution in [-0.4, -0.2) is 20.6 Å². The Morgan fingerprint density at radius 2 is 2.00 bits per heavy atom. The average Bonchev–Trinajstić information content (AvgIpc) is 3.11. The molecule has 0 atom stereocenters. The largest absolute Gasteiger partial charge is 0.478 e. The molecule has 1 N–H and O–H groups in total. The van der Waals surface area contributed by atoms with E-state index in [0.717, 1.165) is 26.1 Å². The lowest BCUT2D eigenvalue weighted by molar-refractivity contribution is 0.0698. The topological polar surface area (TPSA) is 55.1 Å². The van der Waals surface area contributed by atoms with Crippen molar-refractivity contribution in [1.29, 1.82) is 0 Å². The third-order valence-electron chi connectivity index (χ3n) is 3.66. The normalized spacial score (nSPS) is 11.3. The van der Waals surface area contributed by atoms with Crippen LogP contribution in [0.25, 0.3) is 21.1 Å². The molecule has 5 heteroatoms. The molecule has 2 heterocycles. The molecular weight excluding hydrogens is 296 g/mol. The van der Waals surface area contributed by atoms with E-state index in [9.17, 15) is 9.90 Å². The number of nitrogens with zero attached hydrogens (tertiary/aromatic N) is 2. The van der Waals surface area contributed by atoms with Gasteiger partial charge in [-0.15, -0.1) is 11.3 Å². The highest BCUT2D eigenvalue weighted by atomic mass is 32.1. The Bertz CT molecular complexity index is 967.